The number of nitrogens with one attached hydrogen (secondary N) is 1. The van der Waals surface area contributed by atoms with E-state index in [9.17, 15) is 4.79 Å². The summed E-state index contributed by atoms with van der Waals surface area (Å²) in [6.45, 7) is 5.34. The molecule has 0 aromatic rings. The number of hydrogen-bond acceptors (Lipinski definition) is 4. The molecule has 0 spiro atoms. The maximum atomic E-state index is 10.4. The summed E-state index contributed by atoms with van der Waals surface area (Å²) in [5.74, 6) is 0.628. The Morgan fingerprint density at radius 1 is 1.59 bits per heavy atom. The third-order valence-corrected chi connectivity index (χ3v) is 4.15. The van der Waals surface area contributed by atoms with E-state index in [1.807, 2.05) is 0 Å². The Hall–Kier alpha value is -0.750. The number of amides is 1. The van der Waals surface area contributed by atoms with Gasteiger partial charge < -0.3 is 15.8 Å². The zero-order valence-corrected chi connectivity index (χ0v) is 11.3. The molecule has 3 N–H and O–H groups in total. The molecule has 6 heteroatoms. The van der Waals surface area contributed by atoms with E-state index in [-0.39, 0.29) is 12.1 Å². The summed E-state index contributed by atoms with van der Waals surface area (Å²) in [5.41, 5.74) is 5.16. The second-order valence-corrected chi connectivity index (χ2v) is 5.07. The van der Waals surface area contributed by atoms with E-state index in [4.69, 9.17) is 10.5 Å². The molecular formula is C11H21N3O2S. The minimum Gasteiger partial charge on any atom is -0.370 e. The van der Waals surface area contributed by atoms with Crippen molar-refractivity contribution in [2.75, 3.05) is 25.5 Å². The molecule has 17 heavy (non-hydrogen) atoms. The van der Waals surface area contributed by atoms with E-state index in [0.29, 0.717) is 13.2 Å². The van der Waals surface area contributed by atoms with Crippen molar-refractivity contribution in [1.29, 1.82) is 0 Å². The van der Waals surface area contributed by atoms with Crippen LogP contribution in [0.5, 0.6) is 0 Å². The van der Waals surface area contributed by atoms with Crippen LogP contribution < -0.4 is 11.1 Å². The van der Waals surface area contributed by atoms with Gasteiger partial charge in [0.15, 0.2) is 5.17 Å². The summed E-state index contributed by atoms with van der Waals surface area (Å²) < 4.78 is 5.04. The van der Waals surface area contributed by atoms with E-state index >= 15 is 0 Å². The molecule has 1 heterocycles. The van der Waals surface area contributed by atoms with Crippen molar-refractivity contribution in [3.63, 3.8) is 0 Å². The van der Waals surface area contributed by atoms with Crippen LogP contribution in [0.1, 0.15) is 26.7 Å². The Morgan fingerprint density at radius 3 is 2.82 bits per heavy atom. The highest BCUT2D eigenvalue weighted by Gasteiger charge is 2.33. The van der Waals surface area contributed by atoms with Crippen LogP contribution in [0.15, 0.2) is 4.99 Å². The van der Waals surface area contributed by atoms with Crippen LogP contribution in [0, 0.1) is 0 Å². The molecule has 1 aliphatic heterocycles. The molecule has 1 rings (SSSR count). The van der Waals surface area contributed by atoms with Gasteiger partial charge in [0, 0.05) is 11.3 Å². The fourth-order valence-electron chi connectivity index (χ4n) is 1.61. The molecule has 0 unspecified atom stereocenters. The molecule has 0 atom stereocenters. The third-order valence-electron chi connectivity index (χ3n) is 2.95. The van der Waals surface area contributed by atoms with E-state index in [0.717, 1.165) is 23.8 Å². The quantitative estimate of drug-likeness (QED) is 0.661. The standard InChI is InChI=1S/C11H21N3O2S/c1-3-11(4-2)8-17-10(14-11)13-5-6-16-7-9(12)15/h3-8H2,1-2H3,(H2,12,15)(H,13,14). The van der Waals surface area contributed by atoms with Gasteiger partial charge in [-0.05, 0) is 12.8 Å². The number of nitrogens with zero attached hydrogens (tertiary/aromatic N) is 1. The smallest absolute Gasteiger partial charge is 0.243 e. The first-order valence-electron chi connectivity index (χ1n) is 5.93. The van der Waals surface area contributed by atoms with Crippen LogP contribution in [0.25, 0.3) is 0 Å². The Morgan fingerprint density at radius 2 is 2.29 bits per heavy atom. The first kappa shape index (κ1) is 14.3. The fraction of sp³-hybridized carbons (Fsp3) is 0.818. The molecule has 0 aromatic heterocycles. The molecular weight excluding hydrogens is 238 g/mol. The molecule has 1 saturated heterocycles. The number of hydrogen-bond donors (Lipinski definition) is 2. The van der Waals surface area contributed by atoms with Crippen molar-refractivity contribution in [1.82, 2.24) is 5.32 Å². The maximum Gasteiger partial charge on any atom is 0.243 e. The Kier molecular flexibility index (Phi) is 5.77. The summed E-state index contributed by atoms with van der Waals surface area (Å²) >= 11 is 1.75. The van der Waals surface area contributed by atoms with Gasteiger partial charge in [-0.2, -0.15) is 0 Å². The van der Waals surface area contributed by atoms with Gasteiger partial charge >= 0.3 is 0 Å². The van der Waals surface area contributed by atoms with E-state index < -0.39 is 5.91 Å². The lowest BCUT2D eigenvalue weighted by atomic mass is 9.96. The van der Waals surface area contributed by atoms with Crippen LogP contribution in [0.4, 0.5) is 0 Å². The third kappa shape index (κ3) is 4.55. The summed E-state index contributed by atoms with van der Waals surface area (Å²) in [4.78, 5) is 14.8. The second kappa shape index (κ2) is 6.86. The lowest BCUT2D eigenvalue weighted by molar-refractivity contribution is -0.122. The first-order valence-corrected chi connectivity index (χ1v) is 6.92. The van der Waals surface area contributed by atoms with Gasteiger partial charge in [-0.1, -0.05) is 25.6 Å². The average molecular weight is 259 g/mol. The number of ether oxygens (including phenoxy) is 1. The first-order chi connectivity index (χ1) is 8.12. The predicted octanol–water partition coefficient (Wildman–Crippen LogP) is 0.740. The van der Waals surface area contributed by atoms with Crippen LogP contribution in [0.2, 0.25) is 0 Å². The maximum absolute atomic E-state index is 10.4. The molecule has 0 bridgehead atoms. The van der Waals surface area contributed by atoms with Crippen LogP contribution >= 0.6 is 11.8 Å². The lowest BCUT2D eigenvalue weighted by Gasteiger charge is -2.25. The van der Waals surface area contributed by atoms with Crippen molar-refractivity contribution in [2.24, 2.45) is 10.7 Å². The van der Waals surface area contributed by atoms with Crippen molar-refractivity contribution >= 4 is 22.8 Å². The second-order valence-electron chi connectivity index (χ2n) is 4.11. The Bertz CT molecular complexity index is 290. The van der Waals surface area contributed by atoms with E-state index in [1.165, 1.54) is 0 Å². The molecule has 5 nitrogen and oxygen atoms in total. The predicted molar refractivity (Wildman–Crippen MR) is 71.2 cm³/mol. The van der Waals surface area contributed by atoms with Crippen LogP contribution in [0.3, 0.4) is 0 Å². The molecule has 1 aliphatic rings. The van der Waals surface area contributed by atoms with Gasteiger partial charge in [0.25, 0.3) is 0 Å². The Labute approximate surface area is 107 Å². The number of thioether (sulfide) groups is 1. The van der Waals surface area contributed by atoms with Crippen molar-refractivity contribution in [2.45, 2.75) is 32.2 Å². The fourth-order valence-corrected chi connectivity index (χ4v) is 2.97. The Balaban J connectivity index is 2.26. The molecule has 1 fully saturated rings. The highest BCUT2D eigenvalue weighted by Crippen LogP contribution is 2.28. The average Bonchev–Trinajstić information content (AvgIpc) is 2.73. The molecule has 0 aliphatic carbocycles. The SMILES string of the molecule is CCC1(CC)CSC(=NCCOCC(N)=O)N1. The number of carbonyl (C=O) groups excluding carboxylic acids is 1. The summed E-state index contributed by atoms with van der Waals surface area (Å²) in [6.07, 6.45) is 2.21. The number of nitrogens with two attached hydrogens (primary N) is 1. The number of carbonyl (C=O) groups is 1. The van der Waals surface area contributed by atoms with Crippen molar-refractivity contribution < 1.29 is 9.53 Å². The summed E-state index contributed by atoms with van der Waals surface area (Å²) in [7, 11) is 0. The van der Waals surface area contributed by atoms with Gasteiger partial charge in [0.2, 0.25) is 5.91 Å². The largest absolute Gasteiger partial charge is 0.370 e. The van der Waals surface area contributed by atoms with Crippen molar-refractivity contribution in [3.8, 4) is 0 Å². The minimum atomic E-state index is -0.443. The topological polar surface area (TPSA) is 76.7 Å². The number of aliphatic imine (C=N–C) groups is 1. The zero-order chi connectivity index (χ0) is 12.7. The number of rotatable bonds is 7. The highest BCUT2D eigenvalue weighted by atomic mass is 32.2. The van der Waals surface area contributed by atoms with E-state index in [2.05, 4.69) is 24.2 Å². The molecule has 0 aromatic carbocycles. The van der Waals surface area contributed by atoms with Gasteiger partial charge in [-0.15, -0.1) is 0 Å². The van der Waals surface area contributed by atoms with Crippen LogP contribution in [-0.4, -0.2) is 42.1 Å². The summed E-state index contributed by atoms with van der Waals surface area (Å²) in [5, 5.41) is 4.45. The lowest BCUT2D eigenvalue weighted by Crippen LogP contribution is -2.42. The number of amidine groups is 1. The van der Waals surface area contributed by atoms with Gasteiger partial charge in [0.1, 0.15) is 6.61 Å². The normalized spacial score (nSPS) is 20.5. The van der Waals surface area contributed by atoms with E-state index in [1.54, 1.807) is 11.8 Å². The summed E-state index contributed by atoms with van der Waals surface area (Å²) in [6, 6.07) is 0. The zero-order valence-electron chi connectivity index (χ0n) is 10.5. The molecule has 0 radical (unpaired) electrons. The van der Waals surface area contributed by atoms with Crippen molar-refractivity contribution in [3.05, 3.63) is 0 Å². The van der Waals surface area contributed by atoms with Crippen LogP contribution in [-0.2, 0) is 9.53 Å². The monoisotopic (exact) mass is 259 g/mol. The molecule has 98 valence electrons. The highest BCUT2D eigenvalue weighted by molar-refractivity contribution is 8.14. The number of primary amides is 1. The van der Waals surface area contributed by atoms with Gasteiger partial charge in [-0.3, -0.25) is 9.79 Å². The molecule has 1 amide bonds. The van der Waals surface area contributed by atoms with Gasteiger partial charge in [0.05, 0.1) is 13.2 Å². The van der Waals surface area contributed by atoms with Gasteiger partial charge in [-0.25, -0.2) is 0 Å². The molecule has 0 saturated carbocycles. The minimum absolute atomic E-state index is 0.0285.